The van der Waals surface area contributed by atoms with Crippen LogP contribution in [0.3, 0.4) is 0 Å². The van der Waals surface area contributed by atoms with Gasteiger partial charge in [-0.2, -0.15) is 0 Å². The minimum atomic E-state index is -0.265. The average molecular weight is 823 g/mol. The van der Waals surface area contributed by atoms with E-state index in [1.165, 1.54) is 36.6 Å². The lowest BCUT2D eigenvalue weighted by atomic mass is 9.89. The zero-order valence-corrected chi connectivity index (χ0v) is 34.6. The number of rotatable bonds is 5. The largest absolute Gasteiger partial charge is 0.456 e. The van der Waals surface area contributed by atoms with Crippen LogP contribution in [-0.4, -0.2) is 4.86 Å². The molecule has 1 unspecified atom stereocenters. The second kappa shape index (κ2) is 13.3. The van der Waals surface area contributed by atoms with E-state index in [-0.39, 0.29) is 10.5 Å². The van der Waals surface area contributed by atoms with E-state index in [1.807, 2.05) is 12.1 Å². The van der Waals surface area contributed by atoms with E-state index in [2.05, 4.69) is 194 Å². The lowest BCUT2D eigenvalue weighted by Crippen LogP contribution is -2.31. The van der Waals surface area contributed by atoms with Crippen LogP contribution in [0.25, 0.3) is 110 Å². The fourth-order valence-corrected chi connectivity index (χ4v) is 12.6. The molecule has 2 aliphatic rings. The maximum Gasteiger partial charge on any atom is 0.144 e. The molecule has 14 rings (SSSR count). The summed E-state index contributed by atoms with van der Waals surface area (Å²) < 4.78 is 20.2. The zero-order chi connectivity index (χ0) is 41.2. The first kappa shape index (κ1) is 34.8. The number of hydrogen-bond donors (Lipinski definition) is 0. The number of para-hydroxylation sites is 3. The fraction of sp³-hybridized carbons (Fsp3) is 0. The molecular weight excluding hydrogens is 789 g/mol. The van der Waals surface area contributed by atoms with E-state index >= 15 is 0 Å². The Bertz CT molecular complexity index is 4060. The molecule has 9 aromatic carbocycles. The molecule has 3 aromatic heterocycles. The minimum absolute atomic E-state index is 0.265. The SMILES string of the molecule is C1=c2oc3ccccc3c2=C(c2cc(-c3ccccc3)cc(-c3cc(-c4ccccc4)cc(-c4c5oc6ccccc6c5cc5oc6ccccc6c45)c3)c2)S2=C1c1ccccc12. The quantitative estimate of drug-likeness (QED) is 0.162. The van der Waals surface area contributed by atoms with Crippen molar-refractivity contribution in [1.29, 1.82) is 0 Å². The highest BCUT2D eigenvalue weighted by molar-refractivity contribution is 8.26. The summed E-state index contributed by atoms with van der Waals surface area (Å²) in [5.41, 5.74) is 16.7. The standard InChI is InChI=1S/C59H34O3S/c1-3-15-35(16-4-1)37-27-39(30-41(29-37)55-56-44-20-8-12-24-49(44)60-51(56)33-47-43-19-7-11-23-48(43)62-58(47)55)40-28-38(36-17-5-2-6-18-36)31-42(32-40)59-57-45-21-9-13-25-50(45)61-52(57)34-54-46-22-10-14-26-53(46)63(54)59/h1-34H. The smallest absolute Gasteiger partial charge is 0.144 e. The van der Waals surface area contributed by atoms with E-state index in [4.69, 9.17) is 13.3 Å². The van der Waals surface area contributed by atoms with Gasteiger partial charge in [-0.05, 0) is 117 Å². The lowest BCUT2D eigenvalue weighted by Gasteiger charge is -2.31. The third-order valence-corrected chi connectivity index (χ3v) is 15.3. The van der Waals surface area contributed by atoms with E-state index in [0.29, 0.717) is 0 Å². The number of furan rings is 3. The third-order valence-electron chi connectivity index (χ3n) is 12.9. The van der Waals surface area contributed by atoms with Crippen LogP contribution in [-0.2, 0) is 0 Å². The summed E-state index contributed by atoms with van der Waals surface area (Å²) in [6.07, 6.45) is 2.29. The molecule has 0 aliphatic carbocycles. The van der Waals surface area contributed by atoms with Gasteiger partial charge < -0.3 is 13.3 Å². The summed E-state index contributed by atoms with van der Waals surface area (Å²) in [6.45, 7) is 0. The van der Waals surface area contributed by atoms with Crippen LogP contribution >= 0.6 is 10.5 Å². The van der Waals surface area contributed by atoms with Gasteiger partial charge in [0.05, 0.1) is 0 Å². The molecule has 2 aliphatic heterocycles. The van der Waals surface area contributed by atoms with Gasteiger partial charge in [0.1, 0.15) is 33.3 Å². The van der Waals surface area contributed by atoms with Crippen LogP contribution in [0, 0.1) is 0 Å². The normalized spacial score (nSPS) is 14.3. The second-order valence-corrected chi connectivity index (χ2v) is 18.4. The molecule has 0 amide bonds. The van der Waals surface area contributed by atoms with Crippen molar-refractivity contribution in [2.45, 2.75) is 4.90 Å². The lowest BCUT2D eigenvalue weighted by molar-refractivity contribution is 0.576. The van der Waals surface area contributed by atoms with E-state index < -0.39 is 0 Å². The van der Waals surface area contributed by atoms with Crippen molar-refractivity contribution in [1.82, 2.24) is 0 Å². The van der Waals surface area contributed by atoms with Gasteiger partial charge >= 0.3 is 0 Å². The first-order valence-corrected chi connectivity index (χ1v) is 22.6. The molecule has 1 atom stereocenters. The Balaban J connectivity index is 1.10. The fourth-order valence-electron chi connectivity index (χ4n) is 10.1. The van der Waals surface area contributed by atoms with Gasteiger partial charge in [0, 0.05) is 57.9 Å². The first-order chi connectivity index (χ1) is 31.2. The molecule has 0 bridgehead atoms. The van der Waals surface area contributed by atoms with E-state index in [0.717, 1.165) is 99.2 Å². The molecule has 294 valence electrons. The highest BCUT2D eigenvalue weighted by Gasteiger charge is 2.31. The van der Waals surface area contributed by atoms with Crippen molar-refractivity contribution < 1.29 is 13.3 Å². The zero-order valence-electron chi connectivity index (χ0n) is 33.8. The molecule has 0 saturated heterocycles. The van der Waals surface area contributed by atoms with Crippen molar-refractivity contribution >= 4 is 81.2 Å². The first-order valence-electron chi connectivity index (χ1n) is 21.3. The Labute approximate surface area is 364 Å². The molecule has 4 heteroatoms. The van der Waals surface area contributed by atoms with Gasteiger partial charge in [-0.1, -0.05) is 133 Å². The molecule has 0 N–H and O–H groups in total. The van der Waals surface area contributed by atoms with Crippen molar-refractivity contribution in [2.24, 2.45) is 0 Å². The Morgan fingerprint density at radius 3 is 1.57 bits per heavy atom. The molecule has 0 spiro atoms. The summed E-state index contributed by atoms with van der Waals surface area (Å²) in [6, 6.07) is 71.9. The highest BCUT2D eigenvalue weighted by atomic mass is 32.2. The van der Waals surface area contributed by atoms with E-state index in [9.17, 15) is 0 Å². The maximum atomic E-state index is 6.89. The minimum Gasteiger partial charge on any atom is -0.456 e. The predicted octanol–water partition coefficient (Wildman–Crippen LogP) is 14.7. The predicted molar refractivity (Wildman–Crippen MR) is 262 cm³/mol. The molecule has 63 heavy (non-hydrogen) atoms. The third kappa shape index (κ3) is 5.19. The van der Waals surface area contributed by atoms with Crippen LogP contribution in [0.5, 0.6) is 0 Å². The summed E-state index contributed by atoms with van der Waals surface area (Å²) in [5.74, 6) is 0. The number of benzene rings is 9. The van der Waals surface area contributed by atoms with Crippen molar-refractivity contribution in [3.63, 3.8) is 0 Å². The van der Waals surface area contributed by atoms with Crippen LogP contribution in [0.15, 0.2) is 218 Å². The van der Waals surface area contributed by atoms with Gasteiger partial charge in [0.2, 0.25) is 0 Å². The van der Waals surface area contributed by atoms with Gasteiger partial charge in [-0.25, -0.2) is 0 Å². The maximum absolute atomic E-state index is 6.89. The van der Waals surface area contributed by atoms with E-state index in [1.54, 1.807) is 0 Å². The van der Waals surface area contributed by atoms with Gasteiger partial charge in [-0.3, -0.25) is 0 Å². The Morgan fingerprint density at radius 1 is 0.349 bits per heavy atom. The van der Waals surface area contributed by atoms with Crippen molar-refractivity contribution in [2.75, 3.05) is 0 Å². The summed E-state index contributed by atoms with van der Waals surface area (Å²) in [4.78, 5) is 4.02. The van der Waals surface area contributed by atoms with Gasteiger partial charge in [0.15, 0.2) is 0 Å². The molecule has 0 saturated carbocycles. The molecule has 5 heterocycles. The van der Waals surface area contributed by atoms with Crippen LogP contribution < -0.4 is 10.6 Å². The van der Waals surface area contributed by atoms with Crippen LogP contribution in [0.2, 0.25) is 0 Å². The van der Waals surface area contributed by atoms with Crippen molar-refractivity contribution in [3.05, 3.63) is 222 Å². The molecule has 0 radical (unpaired) electrons. The Hall–Kier alpha value is -7.92. The van der Waals surface area contributed by atoms with Crippen molar-refractivity contribution in [3.8, 4) is 44.5 Å². The monoisotopic (exact) mass is 822 g/mol. The average Bonchev–Trinajstić information content (AvgIpc) is 4.03. The highest BCUT2D eigenvalue weighted by Crippen LogP contribution is 2.53. The molecule has 3 nitrogen and oxygen atoms in total. The Morgan fingerprint density at radius 2 is 0.873 bits per heavy atom. The number of fused-ring (bicyclic) bond motifs is 12. The molecular formula is C59H34O3S. The number of hydrogen-bond acceptors (Lipinski definition) is 3. The van der Waals surface area contributed by atoms with Gasteiger partial charge in [0.25, 0.3) is 0 Å². The van der Waals surface area contributed by atoms with Crippen LogP contribution in [0.4, 0.5) is 0 Å². The molecule has 0 fully saturated rings. The Kier molecular flexibility index (Phi) is 7.33. The molecule has 12 aromatic rings. The van der Waals surface area contributed by atoms with Gasteiger partial charge in [-0.15, -0.1) is 10.5 Å². The second-order valence-electron chi connectivity index (χ2n) is 16.5. The summed E-state index contributed by atoms with van der Waals surface area (Å²) >= 11 is 0. The summed E-state index contributed by atoms with van der Waals surface area (Å²) in [5, 5.41) is 6.55. The summed E-state index contributed by atoms with van der Waals surface area (Å²) in [7, 11) is -0.265. The topological polar surface area (TPSA) is 39.4 Å². The van der Waals surface area contributed by atoms with Crippen LogP contribution in [0.1, 0.15) is 11.1 Å².